The van der Waals surface area contributed by atoms with Crippen molar-refractivity contribution in [2.24, 2.45) is 5.41 Å². The van der Waals surface area contributed by atoms with Crippen molar-refractivity contribution in [1.82, 2.24) is 5.32 Å². The van der Waals surface area contributed by atoms with Crippen LogP contribution < -0.4 is 10.1 Å². The summed E-state index contributed by atoms with van der Waals surface area (Å²) in [6.45, 7) is 4.47. The van der Waals surface area contributed by atoms with Gasteiger partial charge in [0.05, 0.1) is 0 Å². The second kappa shape index (κ2) is 3.81. The highest BCUT2D eigenvalue weighted by Gasteiger charge is 2.30. The van der Waals surface area contributed by atoms with Gasteiger partial charge in [0.25, 0.3) is 0 Å². The first-order valence-electron chi connectivity index (χ1n) is 5.52. The maximum Gasteiger partial charge on any atom is 0.412 e. The second-order valence-electron chi connectivity index (χ2n) is 5.05. The topological polar surface area (TPSA) is 38.3 Å². The van der Waals surface area contributed by atoms with Crippen LogP contribution in [0.15, 0.2) is 18.2 Å². The SMILES string of the molecule is CNC(=O)Oc1cccc2c1CC(C)(C)C2. The predicted molar refractivity (Wildman–Crippen MR) is 62.7 cm³/mol. The molecule has 0 radical (unpaired) electrons. The van der Waals surface area contributed by atoms with E-state index in [-0.39, 0.29) is 5.41 Å². The average Bonchev–Trinajstić information content (AvgIpc) is 2.53. The van der Waals surface area contributed by atoms with E-state index in [9.17, 15) is 4.79 Å². The molecule has 86 valence electrons. The molecule has 1 aromatic carbocycles. The molecule has 1 aliphatic rings. The van der Waals surface area contributed by atoms with Crippen molar-refractivity contribution < 1.29 is 9.53 Å². The highest BCUT2D eigenvalue weighted by molar-refractivity contribution is 5.70. The molecule has 0 aromatic heterocycles. The lowest BCUT2D eigenvalue weighted by atomic mass is 9.90. The number of ether oxygens (including phenoxy) is 1. The van der Waals surface area contributed by atoms with Crippen molar-refractivity contribution in [3.8, 4) is 5.75 Å². The van der Waals surface area contributed by atoms with Gasteiger partial charge in [-0.25, -0.2) is 4.79 Å². The molecule has 3 nitrogen and oxygen atoms in total. The van der Waals surface area contributed by atoms with Crippen LogP contribution in [0.4, 0.5) is 4.79 Å². The zero-order valence-electron chi connectivity index (χ0n) is 9.96. The fraction of sp³-hybridized carbons (Fsp3) is 0.462. The monoisotopic (exact) mass is 219 g/mol. The van der Waals surface area contributed by atoms with Gasteiger partial charge in [-0.05, 0) is 35.4 Å². The highest BCUT2D eigenvalue weighted by atomic mass is 16.6. The summed E-state index contributed by atoms with van der Waals surface area (Å²) in [4.78, 5) is 11.2. The molecule has 0 aliphatic heterocycles. The second-order valence-corrected chi connectivity index (χ2v) is 5.05. The van der Waals surface area contributed by atoms with Crippen LogP contribution in [-0.4, -0.2) is 13.1 Å². The molecule has 0 atom stereocenters. The summed E-state index contributed by atoms with van der Waals surface area (Å²) >= 11 is 0. The Kier molecular flexibility index (Phi) is 2.62. The van der Waals surface area contributed by atoms with Gasteiger partial charge < -0.3 is 10.1 Å². The maximum atomic E-state index is 11.2. The van der Waals surface area contributed by atoms with Crippen molar-refractivity contribution >= 4 is 6.09 Å². The van der Waals surface area contributed by atoms with Gasteiger partial charge in [-0.1, -0.05) is 26.0 Å². The standard InChI is InChI=1S/C13H17NO2/c1-13(2)7-9-5-4-6-11(10(9)8-13)16-12(15)14-3/h4-6H,7-8H2,1-3H3,(H,14,15). The van der Waals surface area contributed by atoms with Crippen molar-refractivity contribution in [2.75, 3.05) is 7.05 Å². The van der Waals surface area contributed by atoms with Crippen molar-refractivity contribution in [2.45, 2.75) is 26.7 Å². The summed E-state index contributed by atoms with van der Waals surface area (Å²) in [6, 6.07) is 5.91. The van der Waals surface area contributed by atoms with Gasteiger partial charge in [0.2, 0.25) is 0 Å². The number of hydrogen-bond donors (Lipinski definition) is 1. The molecular formula is C13H17NO2. The van der Waals surface area contributed by atoms with E-state index >= 15 is 0 Å². The first-order valence-corrected chi connectivity index (χ1v) is 5.52. The number of rotatable bonds is 1. The molecule has 1 aliphatic carbocycles. The number of nitrogens with one attached hydrogen (secondary N) is 1. The predicted octanol–water partition coefficient (Wildman–Crippen LogP) is 2.53. The van der Waals surface area contributed by atoms with Gasteiger partial charge in [0, 0.05) is 7.05 Å². The maximum absolute atomic E-state index is 11.2. The molecule has 2 rings (SSSR count). The molecule has 1 amide bonds. The molecule has 0 saturated carbocycles. The molecule has 3 heteroatoms. The number of fused-ring (bicyclic) bond motifs is 1. The average molecular weight is 219 g/mol. The number of amides is 1. The number of benzene rings is 1. The van der Waals surface area contributed by atoms with Crippen LogP contribution in [0.1, 0.15) is 25.0 Å². The van der Waals surface area contributed by atoms with E-state index < -0.39 is 6.09 Å². The van der Waals surface area contributed by atoms with Gasteiger partial charge in [-0.3, -0.25) is 0 Å². The van der Waals surface area contributed by atoms with Crippen LogP contribution in [0.2, 0.25) is 0 Å². The minimum atomic E-state index is -0.405. The van der Waals surface area contributed by atoms with E-state index in [0.717, 1.165) is 12.8 Å². The van der Waals surface area contributed by atoms with Gasteiger partial charge in [0.15, 0.2) is 0 Å². The third kappa shape index (κ3) is 2.03. The quantitative estimate of drug-likeness (QED) is 0.788. The first-order chi connectivity index (χ1) is 7.52. The summed E-state index contributed by atoms with van der Waals surface area (Å²) in [6.07, 6.45) is 1.61. The van der Waals surface area contributed by atoms with Crippen LogP contribution >= 0.6 is 0 Å². The van der Waals surface area contributed by atoms with Crippen LogP contribution in [-0.2, 0) is 12.8 Å². The number of hydrogen-bond acceptors (Lipinski definition) is 2. The van der Waals surface area contributed by atoms with E-state index in [1.54, 1.807) is 7.05 Å². The van der Waals surface area contributed by atoms with Gasteiger partial charge >= 0.3 is 6.09 Å². The van der Waals surface area contributed by atoms with Crippen LogP contribution in [0.25, 0.3) is 0 Å². The largest absolute Gasteiger partial charge is 0.412 e. The Morgan fingerprint density at radius 2 is 2.12 bits per heavy atom. The lowest BCUT2D eigenvalue weighted by Gasteiger charge is -2.15. The van der Waals surface area contributed by atoms with E-state index in [1.165, 1.54) is 11.1 Å². The Morgan fingerprint density at radius 1 is 1.38 bits per heavy atom. The van der Waals surface area contributed by atoms with Crippen molar-refractivity contribution in [3.63, 3.8) is 0 Å². The molecule has 1 aromatic rings. The molecule has 0 saturated heterocycles. The molecule has 0 fully saturated rings. The van der Waals surface area contributed by atoms with Gasteiger partial charge in [-0.15, -0.1) is 0 Å². The minimum absolute atomic E-state index is 0.268. The zero-order valence-corrected chi connectivity index (χ0v) is 9.96. The molecule has 0 heterocycles. The number of carbonyl (C=O) groups is 1. The van der Waals surface area contributed by atoms with E-state index in [4.69, 9.17) is 4.74 Å². The minimum Gasteiger partial charge on any atom is -0.410 e. The zero-order chi connectivity index (χ0) is 11.8. The Labute approximate surface area is 95.8 Å². The smallest absolute Gasteiger partial charge is 0.410 e. The van der Waals surface area contributed by atoms with Crippen LogP contribution in [0, 0.1) is 5.41 Å². The Bertz CT molecular complexity index is 424. The Morgan fingerprint density at radius 3 is 2.81 bits per heavy atom. The lowest BCUT2D eigenvalue weighted by Crippen LogP contribution is -2.22. The van der Waals surface area contributed by atoms with Crippen LogP contribution in [0.3, 0.4) is 0 Å². The molecular weight excluding hydrogens is 202 g/mol. The summed E-state index contributed by atoms with van der Waals surface area (Å²) in [5.74, 6) is 0.697. The first kappa shape index (κ1) is 11.0. The number of carbonyl (C=O) groups excluding carboxylic acids is 1. The summed E-state index contributed by atoms with van der Waals surface area (Å²) in [5.41, 5.74) is 2.74. The van der Waals surface area contributed by atoms with Gasteiger partial charge in [0.1, 0.15) is 5.75 Å². The summed E-state index contributed by atoms with van der Waals surface area (Å²) in [7, 11) is 1.56. The van der Waals surface area contributed by atoms with E-state index in [1.807, 2.05) is 12.1 Å². The molecule has 16 heavy (non-hydrogen) atoms. The fourth-order valence-corrected chi connectivity index (χ4v) is 2.28. The fourth-order valence-electron chi connectivity index (χ4n) is 2.28. The Hall–Kier alpha value is -1.51. The van der Waals surface area contributed by atoms with Crippen molar-refractivity contribution in [3.05, 3.63) is 29.3 Å². The van der Waals surface area contributed by atoms with E-state index in [0.29, 0.717) is 5.75 Å². The Balaban J connectivity index is 2.30. The lowest BCUT2D eigenvalue weighted by molar-refractivity contribution is 0.202. The normalized spacial score (nSPS) is 16.7. The van der Waals surface area contributed by atoms with E-state index in [2.05, 4.69) is 25.2 Å². The molecule has 0 spiro atoms. The van der Waals surface area contributed by atoms with Gasteiger partial charge in [-0.2, -0.15) is 0 Å². The molecule has 0 bridgehead atoms. The third-order valence-corrected chi connectivity index (χ3v) is 2.96. The molecule has 0 unspecified atom stereocenters. The summed E-state index contributed by atoms with van der Waals surface area (Å²) < 4.78 is 5.25. The van der Waals surface area contributed by atoms with Crippen LogP contribution in [0.5, 0.6) is 5.75 Å². The van der Waals surface area contributed by atoms with Crippen molar-refractivity contribution in [1.29, 1.82) is 0 Å². The summed E-state index contributed by atoms with van der Waals surface area (Å²) in [5, 5.41) is 2.46. The third-order valence-electron chi connectivity index (χ3n) is 2.96. The molecule has 1 N–H and O–H groups in total. The highest BCUT2D eigenvalue weighted by Crippen LogP contribution is 2.40.